The first-order valence-electron chi connectivity index (χ1n) is 11.8. The van der Waals surface area contributed by atoms with Crippen LogP contribution >= 0.6 is 23.2 Å². The second-order valence-corrected chi connectivity index (χ2v) is 15.2. The molecule has 0 aliphatic carbocycles. The van der Waals surface area contributed by atoms with Crippen LogP contribution in [0.5, 0.6) is 0 Å². The van der Waals surface area contributed by atoms with Gasteiger partial charge in [0.2, 0.25) is 15.9 Å². The number of benzene rings is 1. The SMILES string of the molecule is CC(C)C[C@H](CC(=O)C1=C[C@@H](C(C)(C)C)N(S(=O)(=O)C(C)(C)C)C1c1ccc(Cl)c(Cl)c1)C(N)=O. The normalized spacial score (nSPS) is 20.7. The first kappa shape index (κ1) is 29.8. The van der Waals surface area contributed by atoms with E-state index in [0.717, 1.165) is 0 Å². The molecule has 2 N–H and O–H groups in total. The summed E-state index contributed by atoms with van der Waals surface area (Å²) in [7, 11) is -3.90. The van der Waals surface area contributed by atoms with Gasteiger partial charge in [-0.05, 0) is 56.2 Å². The van der Waals surface area contributed by atoms with Crippen LogP contribution in [0.2, 0.25) is 10.0 Å². The van der Waals surface area contributed by atoms with Crippen molar-refractivity contribution in [3.05, 3.63) is 45.5 Å². The minimum absolute atomic E-state index is 0.0859. The molecule has 1 aliphatic heterocycles. The lowest BCUT2D eigenvalue weighted by atomic mass is 9.86. The maximum atomic E-state index is 13.9. The number of amides is 1. The summed E-state index contributed by atoms with van der Waals surface area (Å²) in [5.41, 5.74) is 5.96. The number of carbonyl (C=O) groups is 2. The summed E-state index contributed by atoms with van der Waals surface area (Å²) in [4.78, 5) is 25.8. The van der Waals surface area contributed by atoms with E-state index >= 15 is 0 Å². The van der Waals surface area contributed by atoms with Gasteiger partial charge in [-0.2, -0.15) is 4.31 Å². The minimum atomic E-state index is -3.90. The molecule has 0 aromatic heterocycles. The van der Waals surface area contributed by atoms with Gasteiger partial charge in [-0.25, -0.2) is 8.42 Å². The Morgan fingerprint density at radius 1 is 1.06 bits per heavy atom. The van der Waals surface area contributed by atoms with E-state index in [1.165, 1.54) is 4.31 Å². The Bertz CT molecular complexity index is 1120. The molecule has 0 saturated carbocycles. The molecule has 6 nitrogen and oxygen atoms in total. The fourth-order valence-corrected chi connectivity index (χ4v) is 6.46. The topological polar surface area (TPSA) is 97.5 Å². The lowest BCUT2D eigenvalue weighted by Gasteiger charge is -2.40. The van der Waals surface area contributed by atoms with Gasteiger partial charge in [0.15, 0.2) is 5.78 Å². The fourth-order valence-electron chi connectivity index (χ4n) is 4.33. The van der Waals surface area contributed by atoms with Crippen molar-refractivity contribution < 1.29 is 18.0 Å². The van der Waals surface area contributed by atoms with Crippen molar-refractivity contribution in [2.75, 3.05) is 0 Å². The van der Waals surface area contributed by atoms with Gasteiger partial charge in [0, 0.05) is 24.0 Å². The monoisotopic (exact) mass is 544 g/mol. The largest absolute Gasteiger partial charge is 0.369 e. The summed E-state index contributed by atoms with van der Waals surface area (Å²) in [6.45, 7) is 14.6. The van der Waals surface area contributed by atoms with Crippen molar-refractivity contribution in [3.8, 4) is 0 Å². The van der Waals surface area contributed by atoms with Gasteiger partial charge >= 0.3 is 0 Å². The molecule has 0 fully saturated rings. The molecule has 9 heteroatoms. The van der Waals surface area contributed by atoms with E-state index in [1.54, 1.807) is 45.0 Å². The van der Waals surface area contributed by atoms with Crippen LogP contribution in [0.4, 0.5) is 0 Å². The molecule has 3 atom stereocenters. The van der Waals surface area contributed by atoms with E-state index < -0.39 is 44.1 Å². The third-order valence-electron chi connectivity index (χ3n) is 6.27. The average Bonchev–Trinajstić information content (AvgIpc) is 3.10. The Morgan fingerprint density at radius 3 is 2.06 bits per heavy atom. The van der Waals surface area contributed by atoms with Crippen molar-refractivity contribution >= 4 is 44.9 Å². The molecular weight excluding hydrogens is 507 g/mol. The maximum Gasteiger partial charge on any atom is 0.220 e. The molecule has 0 spiro atoms. The lowest BCUT2D eigenvalue weighted by molar-refractivity contribution is -0.126. The van der Waals surface area contributed by atoms with Crippen LogP contribution in [-0.4, -0.2) is 35.2 Å². The van der Waals surface area contributed by atoms with Gasteiger partial charge < -0.3 is 5.73 Å². The van der Waals surface area contributed by atoms with Crippen LogP contribution in [0.25, 0.3) is 0 Å². The van der Waals surface area contributed by atoms with E-state index in [1.807, 2.05) is 34.6 Å². The Hall–Kier alpha value is -1.41. The van der Waals surface area contributed by atoms with Crippen molar-refractivity contribution in [2.24, 2.45) is 23.0 Å². The van der Waals surface area contributed by atoms with E-state index in [-0.39, 0.29) is 23.1 Å². The summed E-state index contributed by atoms with van der Waals surface area (Å²) in [5, 5.41) is 0.590. The first-order chi connectivity index (χ1) is 15.8. The number of rotatable bonds is 8. The molecule has 35 heavy (non-hydrogen) atoms. The molecular formula is C26H38Cl2N2O4S. The number of nitrogens with zero attached hydrogens (tertiary/aromatic N) is 1. The molecule has 0 radical (unpaired) electrons. The van der Waals surface area contributed by atoms with E-state index in [9.17, 15) is 18.0 Å². The zero-order valence-electron chi connectivity index (χ0n) is 21.9. The highest BCUT2D eigenvalue weighted by Gasteiger charge is 2.52. The number of carbonyl (C=O) groups excluding carboxylic acids is 2. The molecule has 1 heterocycles. The fraction of sp³-hybridized carbons (Fsp3) is 0.615. The highest BCUT2D eigenvalue weighted by Crippen LogP contribution is 2.48. The molecule has 196 valence electrons. The van der Waals surface area contributed by atoms with Gasteiger partial charge in [0.1, 0.15) is 0 Å². The Balaban J connectivity index is 2.74. The van der Waals surface area contributed by atoms with Crippen LogP contribution < -0.4 is 5.73 Å². The molecule has 0 bridgehead atoms. The maximum absolute atomic E-state index is 13.9. The molecule has 0 saturated heterocycles. The van der Waals surface area contributed by atoms with E-state index in [4.69, 9.17) is 28.9 Å². The third kappa shape index (κ3) is 6.48. The summed E-state index contributed by atoms with van der Waals surface area (Å²) in [6, 6.07) is 3.39. The highest BCUT2D eigenvalue weighted by atomic mass is 35.5. The van der Waals surface area contributed by atoms with Gasteiger partial charge in [-0.1, -0.05) is 70.0 Å². The van der Waals surface area contributed by atoms with Crippen molar-refractivity contribution in [3.63, 3.8) is 0 Å². The zero-order chi connectivity index (χ0) is 27.1. The number of Topliss-reactive ketones (excluding diaryl/α,β-unsaturated/α-hetero) is 1. The van der Waals surface area contributed by atoms with Crippen molar-refractivity contribution in [2.45, 2.75) is 85.1 Å². The molecule has 1 amide bonds. The average molecular weight is 546 g/mol. The van der Waals surface area contributed by atoms with Crippen LogP contribution in [0.3, 0.4) is 0 Å². The predicted octanol–water partition coefficient (Wildman–Crippen LogP) is 5.93. The summed E-state index contributed by atoms with van der Waals surface area (Å²) >= 11 is 12.5. The van der Waals surface area contributed by atoms with Crippen LogP contribution in [0, 0.1) is 17.3 Å². The number of nitrogens with two attached hydrogens (primary N) is 1. The second kappa shape index (κ2) is 10.5. The van der Waals surface area contributed by atoms with Crippen LogP contribution in [0.15, 0.2) is 29.8 Å². The number of halogens is 2. The minimum Gasteiger partial charge on any atom is -0.369 e. The number of hydrogen-bond acceptors (Lipinski definition) is 4. The lowest BCUT2D eigenvalue weighted by Crippen LogP contribution is -2.51. The number of hydrogen-bond donors (Lipinski definition) is 1. The van der Waals surface area contributed by atoms with E-state index in [0.29, 0.717) is 22.6 Å². The molecule has 1 unspecified atom stereocenters. The van der Waals surface area contributed by atoms with Crippen LogP contribution in [-0.2, 0) is 19.6 Å². The molecule has 1 aliphatic rings. The van der Waals surface area contributed by atoms with E-state index in [2.05, 4.69) is 0 Å². The van der Waals surface area contributed by atoms with Gasteiger partial charge in [-0.3, -0.25) is 9.59 Å². The predicted molar refractivity (Wildman–Crippen MR) is 143 cm³/mol. The highest BCUT2D eigenvalue weighted by molar-refractivity contribution is 7.90. The summed E-state index contributed by atoms with van der Waals surface area (Å²) in [5.74, 6) is -1.31. The zero-order valence-corrected chi connectivity index (χ0v) is 24.2. The molecule has 2 rings (SSSR count). The van der Waals surface area contributed by atoms with Gasteiger partial charge in [-0.15, -0.1) is 0 Å². The number of primary amides is 1. The quantitative estimate of drug-likeness (QED) is 0.438. The Morgan fingerprint density at radius 2 is 1.63 bits per heavy atom. The smallest absolute Gasteiger partial charge is 0.220 e. The standard InChI is InChI=1S/C26H38Cl2N2O4S/c1-15(2)11-17(24(29)32)13-21(31)18-14-22(25(3,4)5)30(35(33,34)26(6,7)8)23(18)16-9-10-19(27)20(28)12-16/h9-10,12,14-15,17,22-23H,11,13H2,1-8H3,(H2,29,32)/t17-,22+,23?/m1/s1. The van der Waals surface area contributed by atoms with Crippen LogP contribution in [0.1, 0.15) is 79.8 Å². The third-order valence-corrected chi connectivity index (χ3v) is 9.55. The number of sulfonamides is 1. The number of ketones is 1. The van der Waals surface area contributed by atoms with Crippen molar-refractivity contribution in [1.29, 1.82) is 0 Å². The summed E-state index contributed by atoms with van der Waals surface area (Å²) < 4.78 is 28.2. The molecule has 1 aromatic rings. The van der Waals surface area contributed by atoms with Crippen molar-refractivity contribution in [1.82, 2.24) is 4.31 Å². The first-order valence-corrected chi connectivity index (χ1v) is 14.0. The Labute approximate surface area is 220 Å². The summed E-state index contributed by atoms with van der Waals surface area (Å²) in [6.07, 6.45) is 2.13. The Kier molecular flexibility index (Phi) is 8.97. The van der Waals surface area contributed by atoms with Gasteiger partial charge in [0.25, 0.3) is 0 Å². The van der Waals surface area contributed by atoms with Gasteiger partial charge in [0.05, 0.1) is 20.8 Å². The molecule has 1 aromatic carbocycles. The second-order valence-electron chi connectivity index (χ2n) is 11.8.